The van der Waals surface area contributed by atoms with Gasteiger partial charge in [0, 0.05) is 20.9 Å². The average Bonchev–Trinajstić information content (AvgIpc) is 2.90. The van der Waals surface area contributed by atoms with Crippen LogP contribution in [0.1, 0.15) is 5.56 Å². The number of benzene rings is 3. The molecule has 4 aromatic rings. The second kappa shape index (κ2) is 13.0. The molecule has 1 aromatic heterocycles. The second-order valence-corrected chi connectivity index (χ2v) is 10.8. The van der Waals surface area contributed by atoms with Crippen LogP contribution in [0.3, 0.4) is 0 Å². The minimum Gasteiger partial charge on any atom is -0.324 e. The Morgan fingerprint density at radius 2 is 1.75 bits per heavy atom. The SMILES string of the molecule is [2H]N=Nc1cc2c(Nc3nc(Cl)nc(Nc4ccc(SOOO)c(C)c4)n3)cc(SOOO)cc2cc1S(=O)(=O)O. The normalized spacial score (nSPS) is 12.2. The molecule has 0 aliphatic heterocycles. The van der Waals surface area contributed by atoms with E-state index in [2.05, 4.69) is 55.0 Å². The third-order valence-corrected chi connectivity index (χ3v) is 7.37. The maximum atomic E-state index is 11.9. The molecule has 20 heteroatoms. The smallest absolute Gasteiger partial charge is 0.296 e. The Kier molecular flexibility index (Phi) is 9.18. The molecule has 1 heterocycles. The summed E-state index contributed by atoms with van der Waals surface area (Å²) >= 11 is 7.53. The summed E-state index contributed by atoms with van der Waals surface area (Å²) in [6, 6.07) is 10.5. The molecule has 0 aliphatic rings. The molecule has 0 spiro atoms. The number of rotatable bonds is 12. The molecule has 0 fully saturated rings. The number of nitrogens with zero attached hydrogens (tertiary/aromatic N) is 4. The van der Waals surface area contributed by atoms with E-state index < -0.39 is 15.0 Å². The lowest BCUT2D eigenvalue weighted by Gasteiger charge is -2.14. The highest BCUT2D eigenvalue weighted by Crippen LogP contribution is 2.38. The van der Waals surface area contributed by atoms with Crippen LogP contribution in [0.5, 0.6) is 0 Å². The van der Waals surface area contributed by atoms with Crippen LogP contribution in [0.4, 0.5) is 29.0 Å². The molecular weight excluding hydrogens is 614 g/mol. The van der Waals surface area contributed by atoms with Crippen LogP contribution in [-0.4, -0.2) is 38.4 Å². The third kappa shape index (κ3) is 7.30. The van der Waals surface area contributed by atoms with E-state index in [4.69, 9.17) is 23.5 Å². The van der Waals surface area contributed by atoms with Crippen molar-refractivity contribution in [2.24, 2.45) is 5.11 Å². The lowest BCUT2D eigenvalue weighted by molar-refractivity contribution is -0.432. The second-order valence-electron chi connectivity index (χ2n) is 7.52. The number of aryl methyl sites for hydroxylation is 1. The van der Waals surface area contributed by atoms with Crippen LogP contribution in [0.15, 0.2) is 62.3 Å². The summed E-state index contributed by atoms with van der Waals surface area (Å²) in [4.78, 5) is 12.8. The van der Waals surface area contributed by atoms with E-state index >= 15 is 0 Å². The first-order valence-corrected chi connectivity index (χ1v) is 13.7. The summed E-state index contributed by atoms with van der Waals surface area (Å²) < 4.78 is 49.5. The highest BCUT2D eigenvalue weighted by Gasteiger charge is 2.19. The van der Waals surface area contributed by atoms with Gasteiger partial charge in [-0.25, -0.2) is 16.0 Å². The maximum Gasteiger partial charge on any atom is 0.296 e. The molecule has 0 bridgehead atoms. The Morgan fingerprint density at radius 1 is 1.02 bits per heavy atom. The van der Waals surface area contributed by atoms with Crippen LogP contribution in [0.2, 0.25) is 6.70 Å². The molecule has 0 unspecified atom stereocenters. The van der Waals surface area contributed by atoms with Crippen molar-refractivity contribution in [2.75, 3.05) is 10.6 Å². The van der Waals surface area contributed by atoms with E-state index in [9.17, 15) is 13.0 Å². The fourth-order valence-electron chi connectivity index (χ4n) is 3.43. The van der Waals surface area contributed by atoms with E-state index in [1.807, 2.05) is 0 Å². The van der Waals surface area contributed by atoms with Crippen molar-refractivity contribution in [3.8, 4) is 0 Å². The fraction of sp³-hybridized carbons (Fsp3) is 0.0500. The number of anilines is 4. The molecule has 6 N–H and O–H groups in total. The van der Waals surface area contributed by atoms with Crippen molar-refractivity contribution in [1.29, 1.82) is 5.52 Å². The zero-order valence-corrected chi connectivity index (χ0v) is 22.9. The number of hydrogen-bond donors (Lipinski definition) is 6. The molecule has 210 valence electrons. The topological polar surface area (TPSA) is 231 Å². The molecule has 0 radical (unpaired) electrons. The van der Waals surface area contributed by atoms with Gasteiger partial charge in [0.15, 0.2) is 0 Å². The van der Waals surface area contributed by atoms with Gasteiger partial charge in [0.05, 0.1) is 29.8 Å². The van der Waals surface area contributed by atoms with Crippen LogP contribution in [0, 0.1) is 12.4 Å². The van der Waals surface area contributed by atoms with Gasteiger partial charge < -0.3 is 10.6 Å². The van der Waals surface area contributed by atoms with Gasteiger partial charge in [-0.05, 0) is 71.9 Å². The van der Waals surface area contributed by atoms with Gasteiger partial charge in [-0.2, -0.15) is 28.5 Å². The summed E-state index contributed by atoms with van der Waals surface area (Å²) in [7, 11) is -4.74. The first kappa shape index (κ1) is 28.3. The molecule has 4 rings (SSSR count). The van der Waals surface area contributed by atoms with E-state index in [-0.39, 0.29) is 33.9 Å². The predicted molar refractivity (Wildman–Crippen MR) is 142 cm³/mol. The standard InChI is InChI=1S/C20H16ClN7O9S3/c1-9-4-11(2-3-16(9)39-37-35-30)23-19-25-18(21)26-20(27-19)24-14-7-12(38-36-34-29)5-10-6-17(40(31,32)33)15(28-22)8-13(10)14/h2-8,22,29-30H,1H3,(H,31,32,33)(H2,23,24,25,26,27)/i/hD. The quantitative estimate of drug-likeness (QED) is 0.0334. The number of nitrogens with one attached hydrogen (secondary N) is 3. The van der Waals surface area contributed by atoms with E-state index in [0.717, 1.165) is 23.7 Å². The highest BCUT2D eigenvalue weighted by molar-refractivity contribution is 7.94. The van der Waals surface area contributed by atoms with Crippen LogP contribution < -0.4 is 10.6 Å². The first-order valence-electron chi connectivity index (χ1n) is 10.9. The van der Waals surface area contributed by atoms with Gasteiger partial charge >= 0.3 is 0 Å². The number of aromatic nitrogens is 3. The summed E-state index contributed by atoms with van der Waals surface area (Å²) in [6.45, 7) is 1.80. The monoisotopic (exact) mass is 630 g/mol. The van der Waals surface area contributed by atoms with Gasteiger partial charge in [-0.3, -0.25) is 4.55 Å². The molecule has 3 aromatic carbocycles. The first-order chi connectivity index (χ1) is 19.6. The lowest BCUT2D eigenvalue weighted by Crippen LogP contribution is -2.05. The summed E-state index contributed by atoms with van der Waals surface area (Å²) in [6.07, 6.45) is 0. The van der Waals surface area contributed by atoms with Crippen molar-refractivity contribution < 1.29 is 43.6 Å². The van der Waals surface area contributed by atoms with Gasteiger partial charge in [0.1, 0.15) is 10.6 Å². The number of hydrogen-bond acceptors (Lipinski definition) is 17. The Morgan fingerprint density at radius 3 is 2.42 bits per heavy atom. The average molecular weight is 631 g/mol. The molecule has 0 saturated heterocycles. The van der Waals surface area contributed by atoms with Gasteiger partial charge in [0.25, 0.3) is 10.1 Å². The zero-order chi connectivity index (χ0) is 29.6. The minimum atomic E-state index is -4.74. The zero-order valence-electron chi connectivity index (χ0n) is 20.7. The minimum absolute atomic E-state index is 0.0322. The maximum absolute atomic E-state index is 11.9. The highest BCUT2D eigenvalue weighted by atomic mass is 35.5. The van der Waals surface area contributed by atoms with Crippen LogP contribution >= 0.6 is 35.7 Å². The van der Waals surface area contributed by atoms with Crippen molar-refractivity contribution >= 4 is 85.5 Å². The molecule has 0 amide bonds. The van der Waals surface area contributed by atoms with Crippen molar-refractivity contribution in [2.45, 2.75) is 21.6 Å². The van der Waals surface area contributed by atoms with Gasteiger partial charge in [-0.1, -0.05) is 10.1 Å². The third-order valence-electron chi connectivity index (χ3n) is 4.99. The van der Waals surface area contributed by atoms with Gasteiger partial charge in [0.2, 0.25) is 18.6 Å². The van der Waals surface area contributed by atoms with E-state index in [1.165, 1.54) is 18.2 Å². The molecule has 0 atom stereocenters. The molecule has 40 heavy (non-hydrogen) atoms. The molecular formula is C20H16ClN7O9S3. The van der Waals surface area contributed by atoms with Crippen molar-refractivity contribution in [3.05, 3.63) is 53.3 Å². The van der Waals surface area contributed by atoms with Crippen molar-refractivity contribution in [3.63, 3.8) is 0 Å². The summed E-state index contributed by atoms with van der Waals surface area (Å²) in [5, 5.41) is 34.0. The number of halogens is 1. The lowest BCUT2D eigenvalue weighted by atomic mass is 10.1. The van der Waals surface area contributed by atoms with Crippen LogP contribution in [0.25, 0.3) is 10.8 Å². The Labute approximate surface area is 239 Å². The van der Waals surface area contributed by atoms with E-state index in [0.29, 0.717) is 32.9 Å². The largest absolute Gasteiger partial charge is 0.324 e. The Balaban J connectivity index is 1.74. The summed E-state index contributed by atoms with van der Waals surface area (Å²) in [5.74, 6) is 0.0293. The molecule has 16 nitrogen and oxygen atoms in total. The van der Waals surface area contributed by atoms with E-state index in [1.54, 1.807) is 25.1 Å². The predicted octanol–water partition coefficient (Wildman–Crippen LogP) is 6.24. The van der Waals surface area contributed by atoms with Crippen molar-refractivity contribution in [1.82, 2.24) is 15.0 Å². The summed E-state index contributed by atoms with van der Waals surface area (Å²) in [5.41, 5.74) is 4.19. The Hall–Kier alpha value is -3.21. The fourth-order valence-corrected chi connectivity index (χ4v) is 5.09. The Bertz CT molecular complexity index is 1720. The molecule has 0 saturated carbocycles. The van der Waals surface area contributed by atoms with Crippen LogP contribution in [-0.2, 0) is 28.9 Å². The van der Waals surface area contributed by atoms with Gasteiger partial charge in [-0.15, -0.1) is 8.67 Å². The molecule has 0 aliphatic carbocycles. The number of fused-ring (bicyclic) bond motifs is 1.